The van der Waals surface area contributed by atoms with E-state index in [4.69, 9.17) is 10.5 Å². The van der Waals surface area contributed by atoms with Crippen LogP contribution in [-0.2, 0) is 0 Å². The molecular weight excluding hydrogens is 240 g/mol. The summed E-state index contributed by atoms with van der Waals surface area (Å²) in [5.74, 6) is 0. The van der Waals surface area contributed by atoms with Gasteiger partial charge in [-0.1, -0.05) is 13.8 Å². The molecule has 0 aliphatic carbocycles. The molecule has 6 heteroatoms. The molecule has 1 N–H and O–H groups in total. The summed E-state index contributed by atoms with van der Waals surface area (Å²) in [7, 11) is 0. The first-order chi connectivity index (χ1) is 9.19. The monoisotopic (exact) mass is 258 g/mol. The van der Waals surface area contributed by atoms with Gasteiger partial charge in [0.15, 0.2) is 0 Å². The Balaban J connectivity index is 0.000000316. The summed E-state index contributed by atoms with van der Waals surface area (Å²) >= 11 is 0. The molecule has 0 saturated carbocycles. The lowest BCUT2D eigenvalue weighted by Gasteiger charge is -2.05. The van der Waals surface area contributed by atoms with Crippen molar-refractivity contribution in [2.45, 2.75) is 33.7 Å². The van der Waals surface area contributed by atoms with Crippen LogP contribution < -0.4 is 0 Å². The summed E-state index contributed by atoms with van der Waals surface area (Å²) < 4.78 is 1.83. The Bertz CT molecular complexity index is 524. The summed E-state index contributed by atoms with van der Waals surface area (Å²) in [4.78, 5) is 10.1. The summed E-state index contributed by atoms with van der Waals surface area (Å²) in [6.45, 7) is 8.03. The molecule has 2 heterocycles. The minimum atomic E-state index is 0.317. The Morgan fingerprint density at radius 1 is 1.16 bits per heavy atom. The third-order valence-corrected chi connectivity index (χ3v) is 1.96. The van der Waals surface area contributed by atoms with Crippen LogP contribution in [0, 0.1) is 22.7 Å². The van der Waals surface area contributed by atoms with Crippen molar-refractivity contribution in [1.82, 2.24) is 19.5 Å². The average molecular weight is 258 g/mol. The first-order valence-electron chi connectivity index (χ1n) is 5.99. The van der Waals surface area contributed by atoms with E-state index in [0.717, 1.165) is 0 Å². The third-order valence-electron chi connectivity index (χ3n) is 1.96. The van der Waals surface area contributed by atoms with Crippen molar-refractivity contribution < 1.29 is 0 Å². The zero-order valence-corrected chi connectivity index (χ0v) is 11.6. The van der Waals surface area contributed by atoms with Crippen LogP contribution in [0.3, 0.4) is 0 Å². The fourth-order valence-electron chi connectivity index (χ4n) is 1.12. The van der Waals surface area contributed by atoms with Crippen LogP contribution in [0.15, 0.2) is 25.0 Å². The number of hydrogen-bond acceptors (Lipinski definition) is 4. The molecule has 0 amide bonds. The second-order valence-corrected chi connectivity index (χ2v) is 3.47. The maximum atomic E-state index is 8.55. The second kappa shape index (κ2) is 9.43. The van der Waals surface area contributed by atoms with E-state index in [9.17, 15) is 0 Å². The second-order valence-electron chi connectivity index (χ2n) is 3.47. The Morgan fingerprint density at radius 2 is 1.84 bits per heavy atom. The highest BCUT2D eigenvalue weighted by molar-refractivity contribution is 5.17. The summed E-state index contributed by atoms with van der Waals surface area (Å²) in [5.41, 5.74) is 1.12. The number of hydrogen-bond donors (Lipinski definition) is 1. The van der Waals surface area contributed by atoms with Crippen LogP contribution in [0.5, 0.6) is 0 Å². The number of nitrogens with zero attached hydrogens (tertiary/aromatic N) is 5. The molecule has 100 valence electrons. The van der Waals surface area contributed by atoms with E-state index >= 15 is 0 Å². The minimum Gasteiger partial charge on any atom is -0.336 e. The average Bonchev–Trinajstić information content (AvgIpc) is 3.12. The minimum absolute atomic E-state index is 0.317. The molecule has 2 aromatic rings. The lowest BCUT2D eigenvalue weighted by atomic mass is 10.4. The number of nitriles is 2. The van der Waals surface area contributed by atoms with Gasteiger partial charge >= 0.3 is 0 Å². The Morgan fingerprint density at radius 3 is 2.16 bits per heavy atom. The first kappa shape index (κ1) is 16.4. The van der Waals surface area contributed by atoms with Crippen molar-refractivity contribution in [2.24, 2.45) is 0 Å². The lowest BCUT2D eigenvalue weighted by molar-refractivity contribution is 0.594. The zero-order chi connectivity index (χ0) is 14.7. The van der Waals surface area contributed by atoms with Crippen molar-refractivity contribution in [3.63, 3.8) is 0 Å². The topological polar surface area (TPSA) is 94.1 Å². The number of imidazole rings is 2. The van der Waals surface area contributed by atoms with Gasteiger partial charge in [0.25, 0.3) is 0 Å². The maximum Gasteiger partial charge on any atom is 0.140 e. The first-order valence-corrected chi connectivity index (χ1v) is 5.99. The van der Waals surface area contributed by atoms with Crippen molar-refractivity contribution in [3.8, 4) is 12.1 Å². The Kier molecular flexibility index (Phi) is 8.14. The SMILES string of the molecule is CC.CC(C)n1cncc1C#N.N#Cc1cnc[nH]1. The van der Waals surface area contributed by atoms with Crippen molar-refractivity contribution >= 4 is 0 Å². The van der Waals surface area contributed by atoms with Gasteiger partial charge in [-0.2, -0.15) is 10.5 Å². The molecule has 2 aromatic heterocycles. The van der Waals surface area contributed by atoms with Crippen LogP contribution in [0.4, 0.5) is 0 Å². The summed E-state index contributed by atoms with van der Waals surface area (Å²) in [6.07, 6.45) is 6.18. The van der Waals surface area contributed by atoms with Gasteiger partial charge in [0, 0.05) is 6.04 Å². The molecule has 0 saturated heterocycles. The van der Waals surface area contributed by atoms with Gasteiger partial charge in [-0.05, 0) is 13.8 Å². The highest BCUT2D eigenvalue weighted by Crippen LogP contribution is 2.06. The van der Waals surface area contributed by atoms with E-state index in [1.54, 1.807) is 12.5 Å². The van der Waals surface area contributed by atoms with E-state index in [1.807, 2.05) is 38.3 Å². The Labute approximate surface area is 113 Å². The van der Waals surface area contributed by atoms with E-state index in [-0.39, 0.29) is 0 Å². The van der Waals surface area contributed by atoms with E-state index in [2.05, 4.69) is 21.0 Å². The van der Waals surface area contributed by atoms with Crippen molar-refractivity contribution in [3.05, 3.63) is 36.4 Å². The summed E-state index contributed by atoms with van der Waals surface area (Å²) in [5, 5.41) is 16.7. The highest BCUT2D eigenvalue weighted by atomic mass is 15.1. The number of H-pyrrole nitrogens is 1. The number of nitrogens with one attached hydrogen (secondary N) is 1. The molecule has 6 nitrogen and oxygen atoms in total. The zero-order valence-electron chi connectivity index (χ0n) is 11.6. The molecule has 0 unspecified atom stereocenters. The van der Waals surface area contributed by atoms with Crippen molar-refractivity contribution in [2.75, 3.05) is 0 Å². The largest absolute Gasteiger partial charge is 0.336 e. The van der Waals surface area contributed by atoms with E-state index in [1.165, 1.54) is 12.5 Å². The van der Waals surface area contributed by atoms with Crippen LogP contribution >= 0.6 is 0 Å². The Hall–Kier alpha value is -2.60. The molecule has 0 spiro atoms. The fraction of sp³-hybridized carbons (Fsp3) is 0.385. The quantitative estimate of drug-likeness (QED) is 0.850. The molecule has 0 radical (unpaired) electrons. The van der Waals surface area contributed by atoms with Gasteiger partial charge in [-0.3, -0.25) is 0 Å². The standard InChI is InChI=1S/C7H9N3.C4H3N3.C2H6/c1-6(2)10-5-9-4-7(10)3-8;5-1-4-2-6-3-7-4;1-2/h4-6H,1-2H3;2-3H,(H,6,7);1-2H3. The molecule has 0 bridgehead atoms. The predicted molar refractivity (Wildman–Crippen MR) is 72.0 cm³/mol. The smallest absolute Gasteiger partial charge is 0.140 e. The predicted octanol–water partition coefficient (Wildman–Crippen LogP) is 2.64. The molecule has 0 aromatic carbocycles. The van der Waals surface area contributed by atoms with E-state index in [0.29, 0.717) is 17.4 Å². The molecule has 0 aliphatic heterocycles. The van der Waals surface area contributed by atoms with E-state index < -0.39 is 0 Å². The summed E-state index contributed by atoms with van der Waals surface area (Å²) in [6, 6.07) is 4.26. The van der Waals surface area contributed by atoms with Gasteiger partial charge in [0.2, 0.25) is 0 Å². The van der Waals surface area contributed by atoms with Crippen LogP contribution in [-0.4, -0.2) is 19.5 Å². The highest BCUT2D eigenvalue weighted by Gasteiger charge is 2.02. The number of aromatic amines is 1. The molecular formula is C13H18N6. The molecule has 0 aliphatic rings. The van der Waals surface area contributed by atoms with Gasteiger partial charge in [0.1, 0.15) is 23.5 Å². The third kappa shape index (κ3) is 5.51. The van der Waals surface area contributed by atoms with Crippen LogP contribution in [0.1, 0.15) is 45.1 Å². The number of aromatic nitrogens is 4. The normalized spacial score (nSPS) is 8.37. The maximum absolute atomic E-state index is 8.55. The molecule has 0 atom stereocenters. The number of rotatable bonds is 1. The molecule has 0 fully saturated rings. The van der Waals surface area contributed by atoms with Gasteiger partial charge in [-0.25, -0.2) is 9.97 Å². The van der Waals surface area contributed by atoms with Crippen molar-refractivity contribution in [1.29, 1.82) is 10.5 Å². The molecule has 2 rings (SSSR count). The van der Waals surface area contributed by atoms with Gasteiger partial charge in [-0.15, -0.1) is 0 Å². The van der Waals surface area contributed by atoms with Crippen LogP contribution in [0.2, 0.25) is 0 Å². The fourth-order valence-corrected chi connectivity index (χ4v) is 1.12. The lowest BCUT2D eigenvalue weighted by Crippen LogP contribution is -2.00. The molecule has 19 heavy (non-hydrogen) atoms. The van der Waals surface area contributed by atoms with Gasteiger partial charge < -0.3 is 9.55 Å². The van der Waals surface area contributed by atoms with Crippen LogP contribution in [0.25, 0.3) is 0 Å². The van der Waals surface area contributed by atoms with Gasteiger partial charge in [0.05, 0.1) is 25.0 Å².